The van der Waals surface area contributed by atoms with Crippen molar-refractivity contribution >= 4 is 15.5 Å². The van der Waals surface area contributed by atoms with Gasteiger partial charge in [0.1, 0.15) is 0 Å². The summed E-state index contributed by atoms with van der Waals surface area (Å²) >= 11 is 0. The van der Waals surface area contributed by atoms with Crippen LogP contribution in [0.4, 0.5) is 5.69 Å². The molecule has 0 aromatic heterocycles. The standard InChI is InChI=1S/C12H20N2O2S/c1-3-9(8-13)6-10-4-5-11(14)12(7-10)17(2,15)16/h4-5,7,9H,3,6,8,13-14H2,1-2H3. The van der Waals surface area contributed by atoms with Gasteiger partial charge in [0.05, 0.1) is 10.6 Å². The van der Waals surface area contributed by atoms with Crippen molar-refractivity contribution in [2.75, 3.05) is 18.5 Å². The van der Waals surface area contributed by atoms with Crippen LogP contribution in [0.2, 0.25) is 0 Å². The van der Waals surface area contributed by atoms with Crippen LogP contribution in [0.1, 0.15) is 18.9 Å². The van der Waals surface area contributed by atoms with Gasteiger partial charge in [-0.2, -0.15) is 0 Å². The molecule has 4 nitrogen and oxygen atoms in total. The van der Waals surface area contributed by atoms with E-state index in [1.165, 1.54) is 6.26 Å². The van der Waals surface area contributed by atoms with Gasteiger partial charge in [0.2, 0.25) is 0 Å². The van der Waals surface area contributed by atoms with Gasteiger partial charge in [-0.3, -0.25) is 0 Å². The van der Waals surface area contributed by atoms with Crippen LogP contribution in [0.25, 0.3) is 0 Å². The summed E-state index contributed by atoms with van der Waals surface area (Å²) in [4.78, 5) is 0.210. The minimum atomic E-state index is -3.26. The van der Waals surface area contributed by atoms with Gasteiger partial charge >= 0.3 is 0 Å². The van der Waals surface area contributed by atoms with Crippen LogP contribution in [-0.4, -0.2) is 21.2 Å². The highest BCUT2D eigenvalue weighted by molar-refractivity contribution is 7.90. The van der Waals surface area contributed by atoms with Gasteiger partial charge in [-0.05, 0) is 36.6 Å². The average molecular weight is 256 g/mol. The molecular weight excluding hydrogens is 236 g/mol. The third-order valence-corrected chi connectivity index (χ3v) is 4.07. The number of anilines is 1. The second kappa shape index (κ2) is 5.51. The lowest BCUT2D eigenvalue weighted by molar-refractivity contribution is 0.518. The van der Waals surface area contributed by atoms with Crippen LogP contribution >= 0.6 is 0 Å². The normalized spacial score (nSPS) is 13.6. The molecule has 0 fully saturated rings. The van der Waals surface area contributed by atoms with Crippen molar-refractivity contribution in [2.45, 2.75) is 24.7 Å². The van der Waals surface area contributed by atoms with Crippen LogP contribution < -0.4 is 11.5 Å². The molecule has 0 heterocycles. The van der Waals surface area contributed by atoms with Gasteiger partial charge in [-0.15, -0.1) is 0 Å². The topological polar surface area (TPSA) is 86.2 Å². The molecule has 1 aromatic carbocycles. The second-order valence-corrected chi connectivity index (χ2v) is 6.34. The monoisotopic (exact) mass is 256 g/mol. The van der Waals surface area contributed by atoms with E-state index >= 15 is 0 Å². The maximum absolute atomic E-state index is 11.5. The fourth-order valence-corrected chi connectivity index (χ4v) is 2.62. The van der Waals surface area contributed by atoms with Crippen molar-refractivity contribution < 1.29 is 8.42 Å². The molecule has 0 saturated carbocycles. The first kappa shape index (κ1) is 14.0. The molecule has 96 valence electrons. The lowest BCUT2D eigenvalue weighted by Crippen LogP contribution is -2.16. The first-order valence-electron chi connectivity index (χ1n) is 5.67. The van der Waals surface area contributed by atoms with Crippen LogP contribution in [0, 0.1) is 5.92 Å². The van der Waals surface area contributed by atoms with E-state index in [1.54, 1.807) is 12.1 Å². The number of nitrogen functional groups attached to an aromatic ring is 1. The fraction of sp³-hybridized carbons (Fsp3) is 0.500. The Hall–Kier alpha value is -1.07. The number of benzene rings is 1. The Kier molecular flexibility index (Phi) is 4.54. The van der Waals surface area contributed by atoms with Crippen molar-refractivity contribution in [1.82, 2.24) is 0 Å². The number of sulfone groups is 1. The van der Waals surface area contributed by atoms with E-state index in [0.29, 0.717) is 18.2 Å². The number of nitrogens with two attached hydrogens (primary N) is 2. The third-order valence-electron chi connectivity index (χ3n) is 2.91. The Morgan fingerprint density at radius 3 is 2.47 bits per heavy atom. The Balaban J connectivity index is 3.05. The lowest BCUT2D eigenvalue weighted by Gasteiger charge is -2.13. The highest BCUT2D eigenvalue weighted by Gasteiger charge is 2.13. The molecule has 0 aliphatic rings. The van der Waals surface area contributed by atoms with E-state index in [2.05, 4.69) is 6.92 Å². The largest absolute Gasteiger partial charge is 0.398 e. The summed E-state index contributed by atoms with van der Waals surface area (Å²) in [5.74, 6) is 0.381. The molecule has 0 saturated heterocycles. The molecule has 4 N–H and O–H groups in total. The zero-order valence-electron chi connectivity index (χ0n) is 10.3. The van der Waals surface area contributed by atoms with Crippen LogP contribution in [0.15, 0.2) is 23.1 Å². The van der Waals surface area contributed by atoms with Crippen molar-refractivity contribution in [2.24, 2.45) is 11.7 Å². The van der Waals surface area contributed by atoms with E-state index in [0.717, 1.165) is 18.4 Å². The average Bonchev–Trinajstić information content (AvgIpc) is 2.26. The predicted molar refractivity (Wildman–Crippen MR) is 70.5 cm³/mol. The Bertz CT molecular complexity index is 479. The van der Waals surface area contributed by atoms with Crippen LogP contribution in [0.3, 0.4) is 0 Å². The van der Waals surface area contributed by atoms with E-state index in [4.69, 9.17) is 11.5 Å². The molecule has 0 amide bonds. The zero-order chi connectivity index (χ0) is 13.1. The maximum atomic E-state index is 11.5. The van der Waals surface area contributed by atoms with Crippen molar-refractivity contribution in [3.63, 3.8) is 0 Å². The molecule has 0 bridgehead atoms. The third kappa shape index (κ3) is 3.71. The molecule has 1 unspecified atom stereocenters. The van der Waals surface area contributed by atoms with E-state index in [-0.39, 0.29) is 4.90 Å². The molecule has 0 aliphatic heterocycles. The van der Waals surface area contributed by atoms with Gasteiger partial charge < -0.3 is 11.5 Å². The highest BCUT2D eigenvalue weighted by atomic mass is 32.2. The van der Waals surface area contributed by atoms with Crippen LogP contribution in [-0.2, 0) is 16.3 Å². The van der Waals surface area contributed by atoms with E-state index < -0.39 is 9.84 Å². The predicted octanol–water partition coefficient (Wildman–Crippen LogP) is 1.20. The SMILES string of the molecule is CCC(CN)Cc1ccc(N)c(S(C)(=O)=O)c1. The molecule has 0 spiro atoms. The van der Waals surface area contributed by atoms with Gasteiger partial charge in [-0.25, -0.2) is 8.42 Å². The minimum Gasteiger partial charge on any atom is -0.398 e. The number of rotatable bonds is 5. The van der Waals surface area contributed by atoms with Crippen molar-refractivity contribution in [3.8, 4) is 0 Å². The Morgan fingerprint density at radius 2 is 2.00 bits per heavy atom. The summed E-state index contributed by atoms with van der Waals surface area (Å²) in [5, 5.41) is 0. The number of hydrogen-bond donors (Lipinski definition) is 2. The molecule has 17 heavy (non-hydrogen) atoms. The molecule has 0 aliphatic carbocycles. The van der Waals surface area contributed by atoms with Gasteiger partial charge in [0.15, 0.2) is 9.84 Å². The second-order valence-electron chi connectivity index (χ2n) is 4.36. The summed E-state index contributed by atoms with van der Waals surface area (Å²) in [7, 11) is -3.26. The summed E-state index contributed by atoms with van der Waals surface area (Å²) < 4.78 is 23.1. The van der Waals surface area contributed by atoms with Gasteiger partial charge in [0.25, 0.3) is 0 Å². The molecule has 1 atom stereocenters. The van der Waals surface area contributed by atoms with Crippen LogP contribution in [0.5, 0.6) is 0 Å². The lowest BCUT2D eigenvalue weighted by atomic mass is 9.97. The maximum Gasteiger partial charge on any atom is 0.177 e. The smallest absolute Gasteiger partial charge is 0.177 e. The first-order valence-corrected chi connectivity index (χ1v) is 7.56. The summed E-state index contributed by atoms with van der Waals surface area (Å²) in [6.07, 6.45) is 2.94. The van der Waals surface area contributed by atoms with Gasteiger partial charge in [0, 0.05) is 6.26 Å². The van der Waals surface area contributed by atoms with Crippen molar-refractivity contribution in [1.29, 1.82) is 0 Å². The zero-order valence-corrected chi connectivity index (χ0v) is 11.1. The Morgan fingerprint density at radius 1 is 1.35 bits per heavy atom. The fourth-order valence-electron chi connectivity index (χ4n) is 1.75. The number of hydrogen-bond acceptors (Lipinski definition) is 4. The summed E-state index contributed by atoms with van der Waals surface area (Å²) in [6.45, 7) is 2.68. The molecular formula is C12H20N2O2S. The molecule has 1 rings (SSSR count). The molecule has 0 radical (unpaired) electrons. The van der Waals surface area contributed by atoms with E-state index in [9.17, 15) is 8.42 Å². The molecule has 1 aromatic rings. The first-order chi connectivity index (χ1) is 7.88. The van der Waals surface area contributed by atoms with Crippen molar-refractivity contribution in [3.05, 3.63) is 23.8 Å². The summed E-state index contributed by atoms with van der Waals surface area (Å²) in [5.41, 5.74) is 12.6. The quantitative estimate of drug-likeness (QED) is 0.775. The molecule has 5 heteroatoms. The van der Waals surface area contributed by atoms with E-state index in [1.807, 2.05) is 6.07 Å². The summed E-state index contributed by atoms with van der Waals surface area (Å²) in [6, 6.07) is 5.17. The minimum absolute atomic E-state index is 0.210. The Labute approximate surface area is 103 Å². The highest BCUT2D eigenvalue weighted by Crippen LogP contribution is 2.21. The van der Waals surface area contributed by atoms with Gasteiger partial charge in [-0.1, -0.05) is 19.4 Å².